The molecule has 92 valence electrons. The van der Waals surface area contributed by atoms with E-state index in [4.69, 9.17) is 11.6 Å². The van der Waals surface area contributed by atoms with Gasteiger partial charge in [0.1, 0.15) is 17.3 Å². The van der Waals surface area contributed by atoms with Gasteiger partial charge in [0.05, 0.1) is 5.56 Å². The number of anilines is 1. The number of halogens is 1. The maximum absolute atomic E-state index is 11.1. The van der Waals surface area contributed by atoms with Crippen LogP contribution >= 0.6 is 11.6 Å². The van der Waals surface area contributed by atoms with Gasteiger partial charge in [-0.05, 0) is 26.2 Å². The summed E-state index contributed by atoms with van der Waals surface area (Å²) in [6.07, 6.45) is 5.47. The minimum absolute atomic E-state index is 0.235. The van der Waals surface area contributed by atoms with Gasteiger partial charge in [-0.2, -0.15) is 0 Å². The second kappa shape index (κ2) is 5.00. The third kappa shape index (κ3) is 2.14. The highest BCUT2D eigenvalue weighted by Crippen LogP contribution is 2.33. The number of carbonyl (C=O) groups is 1. The van der Waals surface area contributed by atoms with Crippen LogP contribution in [-0.2, 0) is 0 Å². The molecule has 0 N–H and O–H groups in total. The SMILES string of the molecule is CCC1CCC(C)N1c1ncnc(Cl)c1C=O. The van der Waals surface area contributed by atoms with Gasteiger partial charge in [0.25, 0.3) is 0 Å². The standard InChI is InChI=1S/C12H16ClN3O/c1-3-9-5-4-8(2)16(9)12-10(6-17)11(13)14-7-15-12/h6-9H,3-5H2,1-2H3. The molecule has 0 aromatic carbocycles. The van der Waals surface area contributed by atoms with Crippen LogP contribution < -0.4 is 4.90 Å². The molecular weight excluding hydrogens is 238 g/mol. The van der Waals surface area contributed by atoms with Crippen molar-refractivity contribution in [1.82, 2.24) is 9.97 Å². The van der Waals surface area contributed by atoms with Crippen LogP contribution in [0.2, 0.25) is 5.15 Å². The van der Waals surface area contributed by atoms with Crippen LogP contribution in [-0.4, -0.2) is 28.3 Å². The zero-order chi connectivity index (χ0) is 12.4. The summed E-state index contributed by atoms with van der Waals surface area (Å²) in [6.45, 7) is 4.30. The molecule has 0 saturated carbocycles. The van der Waals surface area contributed by atoms with Crippen molar-refractivity contribution in [3.8, 4) is 0 Å². The molecule has 1 aromatic heterocycles. The predicted octanol–water partition coefficient (Wildman–Crippen LogP) is 2.71. The van der Waals surface area contributed by atoms with E-state index in [9.17, 15) is 4.79 Å². The highest BCUT2D eigenvalue weighted by molar-refractivity contribution is 6.32. The topological polar surface area (TPSA) is 46.1 Å². The van der Waals surface area contributed by atoms with Crippen LogP contribution in [0.3, 0.4) is 0 Å². The van der Waals surface area contributed by atoms with Gasteiger partial charge in [0.15, 0.2) is 6.29 Å². The normalized spacial score (nSPS) is 24.1. The van der Waals surface area contributed by atoms with Gasteiger partial charge in [-0.25, -0.2) is 9.97 Å². The summed E-state index contributed by atoms with van der Waals surface area (Å²) >= 11 is 5.94. The molecule has 0 radical (unpaired) electrons. The van der Waals surface area contributed by atoms with E-state index in [1.165, 1.54) is 6.33 Å². The van der Waals surface area contributed by atoms with Crippen LogP contribution in [0.5, 0.6) is 0 Å². The Hall–Kier alpha value is -1.16. The van der Waals surface area contributed by atoms with Crippen LogP contribution in [0.25, 0.3) is 0 Å². The van der Waals surface area contributed by atoms with E-state index in [1.807, 2.05) is 0 Å². The lowest BCUT2D eigenvalue weighted by Crippen LogP contribution is -2.35. The van der Waals surface area contributed by atoms with Gasteiger partial charge in [0.2, 0.25) is 0 Å². The summed E-state index contributed by atoms with van der Waals surface area (Å²) in [5.41, 5.74) is 0.404. The Kier molecular flexibility index (Phi) is 3.62. The van der Waals surface area contributed by atoms with E-state index in [0.29, 0.717) is 23.5 Å². The Bertz CT molecular complexity index is 424. The molecule has 1 fully saturated rings. The first-order valence-corrected chi connectivity index (χ1v) is 6.30. The third-order valence-corrected chi connectivity index (χ3v) is 3.74. The van der Waals surface area contributed by atoms with Crippen molar-refractivity contribution < 1.29 is 4.79 Å². The van der Waals surface area contributed by atoms with E-state index < -0.39 is 0 Å². The molecule has 0 aliphatic carbocycles. The molecule has 2 unspecified atom stereocenters. The summed E-state index contributed by atoms with van der Waals surface area (Å²) < 4.78 is 0. The fraction of sp³-hybridized carbons (Fsp3) is 0.583. The minimum atomic E-state index is 0.235. The molecule has 0 spiro atoms. The Morgan fingerprint density at radius 1 is 1.53 bits per heavy atom. The summed E-state index contributed by atoms with van der Waals surface area (Å²) in [6, 6.07) is 0.833. The molecule has 5 heteroatoms. The quantitative estimate of drug-likeness (QED) is 0.614. The molecule has 1 aliphatic heterocycles. The molecule has 4 nitrogen and oxygen atoms in total. The smallest absolute Gasteiger partial charge is 0.156 e. The molecule has 2 heterocycles. The van der Waals surface area contributed by atoms with Crippen molar-refractivity contribution in [2.24, 2.45) is 0 Å². The Balaban J connectivity index is 2.45. The summed E-state index contributed by atoms with van der Waals surface area (Å²) in [7, 11) is 0. The van der Waals surface area contributed by atoms with Gasteiger partial charge >= 0.3 is 0 Å². The maximum Gasteiger partial charge on any atom is 0.156 e. The van der Waals surface area contributed by atoms with Crippen molar-refractivity contribution in [2.75, 3.05) is 4.90 Å². The molecule has 1 aromatic rings. The van der Waals surface area contributed by atoms with E-state index >= 15 is 0 Å². The van der Waals surface area contributed by atoms with Crippen LogP contribution in [0.4, 0.5) is 5.82 Å². The number of rotatable bonds is 3. The van der Waals surface area contributed by atoms with Crippen LogP contribution in [0.15, 0.2) is 6.33 Å². The van der Waals surface area contributed by atoms with Crippen molar-refractivity contribution >= 4 is 23.7 Å². The first-order chi connectivity index (χ1) is 8.19. The number of aldehydes is 1. The average molecular weight is 254 g/mol. The maximum atomic E-state index is 11.1. The zero-order valence-electron chi connectivity index (χ0n) is 10.1. The van der Waals surface area contributed by atoms with Crippen molar-refractivity contribution in [3.63, 3.8) is 0 Å². The predicted molar refractivity (Wildman–Crippen MR) is 67.7 cm³/mol. The lowest BCUT2D eigenvalue weighted by Gasteiger charge is -2.29. The third-order valence-electron chi connectivity index (χ3n) is 3.43. The molecule has 0 bridgehead atoms. The molecule has 0 amide bonds. The van der Waals surface area contributed by atoms with Gasteiger partial charge < -0.3 is 4.90 Å². The number of nitrogens with zero attached hydrogens (tertiary/aromatic N) is 3. The van der Waals surface area contributed by atoms with Crippen LogP contribution in [0, 0.1) is 0 Å². The highest BCUT2D eigenvalue weighted by atomic mass is 35.5. The second-order valence-corrected chi connectivity index (χ2v) is 4.77. The lowest BCUT2D eigenvalue weighted by molar-refractivity contribution is 0.112. The monoisotopic (exact) mass is 253 g/mol. The van der Waals surface area contributed by atoms with Crippen molar-refractivity contribution in [3.05, 3.63) is 17.0 Å². The summed E-state index contributed by atoms with van der Waals surface area (Å²) in [4.78, 5) is 21.4. The second-order valence-electron chi connectivity index (χ2n) is 4.42. The Morgan fingerprint density at radius 2 is 2.29 bits per heavy atom. The molecule has 1 saturated heterocycles. The number of hydrogen-bond acceptors (Lipinski definition) is 4. The summed E-state index contributed by atoms with van der Waals surface area (Å²) in [5.74, 6) is 0.678. The van der Waals surface area contributed by atoms with Gasteiger partial charge in [-0.3, -0.25) is 4.79 Å². The lowest BCUT2D eigenvalue weighted by atomic mass is 10.1. The van der Waals surface area contributed by atoms with Crippen molar-refractivity contribution in [1.29, 1.82) is 0 Å². The fourth-order valence-electron chi connectivity index (χ4n) is 2.53. The van der Waals surface area contributed by atoms with Crippen LogP contribution in [0.1, 0.15) is 43.5 Å². The first-order valence-electron chi connectivity index (χ1n) is 5.93. The highest BCUT2D eigenvalue weighted by Gasteiger charge is 2.32. The Morgan fingerprint density at radius 3 is 2.94 bits per heavy atom. The van der Waals surface area contributed by atoms with Gasteiger partial charge in [-0.1, -0.05) is 18.5 Å². The molecule has 17 heavy (non-hydrogen) atoms. The van der Waals surface area contributed by atoms with Gasteiger partial charge in [0, 0.05) is 12.1 Å². The molecule has 1 aliphatic rings. The largest absolute Gasteiger partial charge is 0.350 e. The Labute approximate surface area is 106 Å². The zero-order valence-corrected chi connectivity index (χ0v) is 10.8. The van der Waals surface area contributed by atoms with E-state index in [1.54, 1.807) is 0 Å². The number of aromatic nitrogens is 2. The number of carbonyl (C=O) groups excluding carboxylic acids is 1. The van der Waals surface area contributed by atoms with E-state index in [0.717, 1.165) is 25.5 Å². The van der Waals surface area contributed by atoms with E-state index in [-0.39, 0.29) is 5.15 Å². The van der Waals surface area contributed by atoms with Crippen molar-refractivity contribution in [2.45, 2.75) is 45.2 Å². The van der Waals surface area contributed by atoms with Gasteiger partial charge in [-0.15, -0.1) is 0 Å². The fourth-order valence-corrected chi connectivity index (χ4v) is 2.70. The number of hydrogen-bond donors (Lipinski definition) is 0. The summed E-state index contributed by atoms with van der Waals surface area (Å²) in [5, 5.41) is 0.235. The average Bonchev–Trinajstić information content (AvgIpc) is 2.70. The first kappa shape index (κ1) is 12.3. The minimum Gasteiger partial charge on any atom is -0.350 e. The molecule has 2 atom stereocenters. The molecule has 2 rings (SSSR count). The molecular formula is C12H16ClN3O. The van der Waals surface area contributed by atoms with E-state index in [2.05, 4.69) is 28.7 Å².